The molecule has 2 unspecified atom stereocenters. The van der Waals surface area contributed by atoms with E-state index in [9.17, 15) is 4.79 Å². The number of carbonyl (C=O) groups excluding carboxylic acids is 1. The maximum atomic E-state index is 10.5. The maximum absolute atomic E-state index is 10.5. The van der Waals surface area contributed by atoms with Gasteiger partial charge in [-0.25, -0.2) is 0 Å². The zero-order valence-corrected chi connectivity index (χ0v) is 4.50. The predicted molar refractivity (Wildman–Crippen MR) is 28.2 cm³/mol. The second-order valence-electron chi connectivity index (χ2n) is 2.18. The summed E-state index contributed by atoms with van der Waals surface area (Å²) in [5.74, 6) is -0.113. The standard InChI is InChI=1S/C5H9NO2/c6-3-1-4(7)5(8)2-3/h3-4,7H,1-2,6H2. The Balaban J connectivity index is 2.51. The van der Waals surface area contributed by atoms with Crippen molar-refractivity contribution in [1.82, 2.24) is 0 Å². The smallest absolute Gasteiger partial charge is 0.162 e. The molecule has 0 aliphatic heterocycles. The van der Waals surface area contributed by atoms with Gasteiger partial charge in [-0.2, -0.15) is 0 Å². The van der Waals surface area contributed by atoms with E-state index in [1.807, 2.05) is 0 Å². The molecule has 0 amide bonds. The molecular formula is C5H9NO2. The van der Waals surface area contributed by atoms with E-state index in [1.165, 1.54) is 0 Å². The van der Waals surface area contributed by atoms with Crippen LogP contribution in [0.15, 0.2) is 0 Å². The summed E-state index contributed by atoms with van der Waals surface area (Å²) in [7, 11) is 0. The van der Waals surface area contributed by atoms with Crippen LogP contribution in [-0.4, -0.2) is 23.0 Å². The average Bonchev–Trinajstić information content (AvgIpc) is 1.85. The van der Waals surface area contributed by atoms with E-state index in [2.05, 4.69) is 0 Å². The highest BCUT2D eigenvalue weighted by molar-refractivity contribution is 5.85. The maximum Gasteiger partial charge on any atom is 0.162 e. The molecule has 0 aromatic rings. The topological polar surface area (TPSA) is 63.3 Å². The number of hydrogen-bond donors (Lipinski definition) is 2. The number of nitrogens with two attached hydrogens (primary N) is 1. The third-order valence-electron chi connectivity index (χ3n) is 1.36. The molecule has 0 radical (unpaired) electrons. The number of aliphatic hydroxyl groups is 1. The summed E-state index contributed by atoms with van der Waals surface area (Å²) >= 11 is 0. The van der Waals surface area contributed by atoms with Crippen molar-refractivity contribution < 1.29 is 9.90 Å². The fraction of sp³-hybridized carbons (Fsp3) is 0.800. The summed E-state index contributed by atoms with van der Waals surface area (Å²) in [6, 6.07) is -0.0995. The molecule has 1 fully saturated rings. The van der Waals surface area contributed by atoms with E-state index in [0.29, 0.717) is 12.8 Å². The molecule has 0 saturated heterocycles. The number of carbonyl (C=O) groups is 1. The molecule has 2 atom stereocenters. The molecule has 1 aliphatic carbocycles. The second kappa shape index (κ2) is 1.84. The van der Waals surface area contributed by atoms with Gasteiger partial charge in [-0.3, -0.25) is 4.79 Å². The van der Waals surface area contributed by atoms with Crippen molar-refractivity contribution in [2.24, 2.45) is 5.73 Å². The van der Waals surface area contributed by atoms with Crippen LogP contribution >= 0.6 is 0 Å². The fourth-order valence-electron chi connectivity index (χ4n) is 0.896. The van der Waals surface area contributed by atoms with Gasteiger partial charge < -0.3 is 10.8 Å². The highest BCUT2D eigenvalue weighted by Gasteiger charge is 2.27. The molecule has 1 aliphatic rings. The van der Waals surface area contributed by atoms with Crippen LogP contribution in [0.2, 0.25) is 0 Å². The van der Waals surface area contributed by atoms with Crippen LogP contribution in [-0.2, 0) is 4.79 Å². The van der Waals surface area contributed by atoms with Crippen LogP contribution < -0.4 is 5.73 Å². The Bertz CT molecular complexity index is 113. The first-order valence-electron chi connectivity index (χ1n) is 2.66. The van der Waals surface area contributed by atoms with Crippen molar-refractivity contribution >= 4 is 5.78 Å². The van der Waals surface area contributed by atoms with Crippen molar-refractivity contribution in [1.29, 1.82) is 0 Å². The van der Waals surface area contributed by atoms with Gasteiger partial charge in [0.25, 0.3) is 0 Å². The molecule has 0 bridgehead atoms. The normalized spacial score (nSPS) is 38.5. The molecular weight excluding hydrogens is 106 g/mol. The van der Waals surface area contributed by atoms with E-state index in [4.69, 9.17) is 10.8 Å². The third-order valence-corrected chi connectivity index (χ3v) is 1.36. The van der Waals surface area contributed by atoms with Crippen molar-refractivity contribution in [2.75, 3.05) is 0 Å². The van der Waals surface area contributed by atoms with Gasteiger partial charge in [-0.15, -0.1) is 0 Å². The summed E-state index contributed by atoms with van der Waals surface area (Å²) in [6.07, 6.45) is 0.0185. The van der Waals surface area contributed by atoms with Crippen molar-refractivity contribution in [3.63, 3.8) is 0 Å². The van der Waals surface area contributed by atoms with Gasteiger partial charge in [0.1, 0.15) is 6.10 Å². The Morgan fingerprint density at radius 2 is 2.38 bits per heavy atom. The average molecular weight is 115 g/mol. The second-order valence-corrected chi connectivity index (χ2v) is 2.18. The van der Waals surface area contributed by atoms with Crippen LogP contribution in [0, 0.1) is 0 Å². The molecule has 3 N–H and O–H groups in total. The lowest BCUT2D eigenvalue weighted by Crippen LogP contribution is -2.15. The monoisotopic (exact) mass is 115 g/mol. The Labute approximate surface area is 47.5 Å². The Morgan fingerprint density at radius 3 is 2.50 bits per heavy atom. The quantitative estimate of drug-likeness (QED) is 0.427. The van der Waals surface area contributed by atoms with Crippen LogP contribution in [0.25, 0.3) is 0 Å². The van der Waals surface area contributed by atoms with Crippen molar-refractivity contribution in [3.8, 4) is 0 Å². The lowest BCUT2D eigenvalue weighted by atomic mass is 10.3. The van der Waals surface area contributed by atoms with Crippen molar-refractivity contribution in [2.45, 2.75) is 25.0 Å². The molecule has 0 aromatic carbocycles. The first-order valence-corrected chi connectivity index (χ1v) is 2.66. The van der Waals surface area contributed by atoms with Gasteiger partial charge in [0.2, 0.25) is 0 Å². The number of aliphatic hydroxyl groups excluding tert-OH is 1. The number of hydrogen-bond acceptors (Lipinski definition) is 3. The van der Waals surface area contributed by atoms with Gasteiger partial charge in [-0.05, 0) is 6.42 Å². The van der Waals surface area contributed by atoms with Gasteiger partial charge in [0.05, 0.1) is 0 Å². The molecule has 1 saturated carbocycles. The minimum Gasteiger partial charge on any atom is -0.385 e. The van der Waals surface area contributed by atoms with E-state index in [0.717, 1.165) is 0 Å². The SMILES string of the molecule is NC1CC(=O)C(O)C1. The van der Waals surface area contributed by atoms with Gasteiger partial charge in [-0.1, -0.05) is 0 Å². The number of ketones is 1. The lowest BCUT2D eigenvalue weighted by Gasteiger charge is -1.94. The molecule has 8 heavy (non-hydrogen) atoms. The molecule has 3 nitrogen and oxygen atoms in total. The van der Waals surface area contributed by atoms with Crippen LogP contribution in [0.1, 0.15) is 12.8 Å². The van der Waals surface area contributed by atoms with Crippen molar-refractivity contribution in [3.05, 3.63) is 0 Å². The largest absolute Gasteiger partial charge is 0.385 e. The van der Waals surface area contributed by atoms with E-state index in [-0.39, 0.29) is 11.8 Å². The summed E-state index contributed by atoms with van der Waals surface area (Å²) in [6.45, 7) is 0. The third kappa shape index (κ3) is 0.877. The molecule has 46 valence electrons. The summed E-state index contributed by atoms with van der Waals surface area (Å²) in [5.41, 5.74) is 5.33. The van der Waals surface area contributed by atoms with Crippen LogP contribution in [0.3, 0.4) is 0 Å². The Morgan fingerprint density at radius 1 is 1.75 bits per heavy atom. The van der Waals surface area contributed by atoms with E-state index >= 15 is 0 Å². The summed E-state index contributed by atoms with van der Waals surface area (Å²) in [5, 5.41) is 8.74. The van der Waals surface area contributed by atoms with E-state index in [1.54, 1.807) is 0 Å². The van der Waals surface area contributed by atoms with Crippen LogP contribution in [0.5, 0.6) is 0 Å². The molecule has 0 spiro atoms. The molecule has 3 heteroatoms. The zero-order valence-electron chi connectivity index (χ0n) is 4.50. The molecule has 0 aromatic heterocycles. The zero-order chi connectivity index (χ0) is 6.15. The van der Waals surface area contributed by atoms with Crippen LogP contribution in [0.4, 0.5) is 0 Å². The Kier molecular flexibility index (Phi) is 1.31. The Hall–Kier alpha value is -0.410. The molecule has 0 heterocycles. The summed E-state index contributed by atoms with van der Waals surface area (Å²) in [4.78, 5) is 10.5. The van der Waals surface area contributed by atoms with Gasteiger partial charge >= 0.3 is 0 Å². The fourth-order valence-corrected chi connectivity index (χ4v) is 0.896. The number of Topliss-reactive ketones (excluding diaryl/α,β-unsaturated/α-hetero) is 1. The minimum atomic E-state index is -0.773. The number of rotatable bonds is 0. The van der Waals surface area contributed by atoms with Gasteiger partial charge in [0, 0.05) is 12.5 Å². The first-order chi connectivity index (χ1) is 3.70. The highest BCUT2D eigenvalue weighted by Crippen LogP contribution is 2.12. The lowest BCUT2D eigenvalue weighted by molar-refractivity contribution is -0.124. The van der Waals surface area contributed by atoms with E-state index < -0.39 is 6.10 Å². The summed E-state index contributed by atoms with van der Waals surface area (Å²) < 4.78 is 0. The minimum absolute atomic E-state index is 0.0995. The predicted octanol–water partition coefficient (Wildman–Crippen LogP) is -0.963. The molecule has 1 rings (SSSR count). The highest BCUT2D eigenvalue weighted by atomic mass is 16.3. The van der Waals surface area contributed by atoms with Gasteiger partial charge in [0.15, 0.2) is 5.78 Å². The first kappa shape index (κ1) is 5.72.